The molecule has 2 rings (SSSR count). The Kier molecular flexibility index (Phi) is 5.04. The second kappa shape index (κ2) is 6.41. The van der Waals surface area contributed by atoms with E-state index in [0.29, 0.717) is 12.1 Å². The quantitative estimate of drug-likeness (QED) is 0.709. The van der Waals surface area contributed by atoms with Gasteiger partial charge in [0.1, 0.15) is 0 Å². The van der Waals surface area contributed by atoms with Gasteiger partial charge in [0, 0.05) is 38.3 Å². The standard InChI is InChI=1S/C15H30N4O/c1-4-13-11-19(10-9-18(13)3)8-7-15(2,14(16)20)17-12-5-6-12/h12-13,17H,4-11H2,1-3H3,(H2,16,20). The largest absolute Gasteiger partial charge is 0.368 e. The molecule has 2 atom stereocenters. The third kappa shape index (κ3) is 3.93. The summed E-state index contributed by atoms with van der Waals surface area (Å²) in [6, 6.07) is 1.14. The smallest absolute Gasteiger partial charge is 0.237 e. The summed E-state index contributed by atoms with van der Waals surface area (Å²) in [5, 5.41) is 3.43. The monoisotopic (exact) mass is 282 g/mol. The van der Waals surface area contributed by atoms with E-state index in [4.69, 9.17) is 5.73 Å². The lowest BCUT2D eigenvalue weighted by Crippen LogP contribution is -2.57. The Hall–Kier alpha value is -0.650. The fraction of sp³-hybridized carbons (Fsp3) is 0.933. The average Bonchev–Trinajstić information content (AvgIpc) is 3.21. The van der Waals surface area contributed by atoms with Crippen LogP contribution in [-0.2, 0) is 4.79 Å². The van der Waals surface area contributed by atoms with Gasteiger partial charge >= 0.3 is 0 Å². The Labute approximate surface area is 122 Å². The van der Waals surface area contributed by atoms with E-state index in [0.717, 1.165) is 32.6 Å². The van der Waals surface area contributed by atoms with E-state index >= 15 is 0 Å². The number of rotatable bonds is 7. The molecule has 0 bridgehead atoms. The van der Waals surface area contributed by atoms with Crippen molar-refractivity contribution in [3.05, 3.63) is 0 Å². The molecule has 20 heavy (non-hydrogen) atoms. The van der Waals surface area contributed by atoms with Crippen LogP contribution in [-0.4, -0.2) is 66.6 Å². The minimum atomic E-state index is -0.549. The molecule has 1 aliphatic carbocycles. The summed E-state index contributed by atoms with van der Waals surface area (Å²) < 4.78 is 0. The fourth-order valence-corrected chi connectivity index (χ4v) is 2.98. The molecule has 1 aliphatic heterocycles. The zero-order valence-electron chi connectivity index (χ0n) is 13.2. The molecule has 1 saturated carbocycles. The van der Waals surface area contributed by atoms with E-state index in [1.807, 2.05) is 6.92 Å². The van der Waals surface area contributed by atoms with Crippen LogP contribution in [0.4, 0.5) is 0 Å². The minimum absolute atomic E-state index is 0.217. The van der Waals surface area contributed by atoms with Crippen molar-refractivity contribution in [1.29, 1.82) is 0 Å². The molecule has 0 aromatic heterocycles. The second-order valence-electron chi connectivity index (χ2n) is 6.71. The summed E-state index contributed by atoms with van der Waals surface area (Å²) in [5.41, 5.74) is 5.06. The van der Waals surface area contributed by atoms with E-state index in [2.05, 4.69) is 29.1 Å². The van der Waals surface area contributed by atoms with Crippen molar-refractivity contribution in [1.82, 2.24) is 15.1 Å². The van der Waals surface area contributed by atoms with Crippen molar-refractivity contribution in [3.8, 4) is 0 Å². The van der Waals surface area contributed by atoms with Crippen molar-refractivity contribution >= 4 is 5.91 Å². The molecule has 0 spiro atoms. The Balaban J connectivity index is 1.84. The van der Waals surface area contributed by atoms with Crippen LogP contribution < -0.4 is 11.1 Å². The SMILES string of the molecule is CCC1CN(CCC(C)(NC2CC2)C(N)=O)CCN1C. The first-order valence-electron chi connectivity index (χ1n) is 7.95. The molecule has 5 heteroatoms. The number of likely N-dealkylation sites (N-methyl/N-ethyl adjacent to an activating group) is 1. The van der Waals surface area contributed by atoms with Crippen LogP contribution in [0, 0.1) is 0 Å². The molecule has 1 amide bonds. The van der Waals surface area contributed by atoms with Crippen LogP contribution in [0.5, 0.6) is 0 Å². The summed E-state index contributed by atoms with van der Waals surface area (Å²) >= 11 is 0. The third-order valence-corrected chi connectivity index (χ3v) is 4.90. The van der Waals surface area contributed by atoms with E-state index in [1.54, 1.807) is 0 Å². The first-order chi connectivity index (χ1) is 9.44. The number of nitrogens with one attached hydrogen (secondary N) is 1. The summed E-state index contributed by atoms with van der Waals surface area (Å²) in [7, 11) is 2.20. The van der Waals surface area contributed by atoms with Crippen LogP contribution in [0.1, 0.15) is 39.5 Å². The lowest BCUT2D eigenvalue weighted by atomic mass is 9.95. The number of nitrogens with two attached hydrogens (primary N) is 1. The number of carbonyl (C=O) groups is 1. The molecule has 5 nitrogen and oxygen atoms in total. The van der Waals surface area contributed by atoms with Crippen molar-refractivity contribution in [2.24, 2.45) is 5.73 Å². The van der Waals surface area contributed by atoms with Gasteiger partial charge in [-0.05, 0) is 39.7 Å². The zero-order valence-corrected chi connectivity index (χ0v) is 13.2. The van der Waals surface area contributed by atoms with Gasteiger partial charge in [-0.25, -0.2) is 0 Å². The van der Waals surface area contributed by atoms with Gasteiger partial charge in [-0.2, -0.15) is 0 Å². The zero-order chi connectivity index (χ0) is 14.8. The predicted octanol–water partition coefficient (Wildman–Crippen LogP) is 0.399. The second-order valence-corrected chi connectivity index (χ2v) is 6.71. The lowest BCUT2D eigenvalue weighted by Gasteiger charge is -2.40. The fourth-order valence-electron chi connectivity index (χ4n) is 2.98. The summed E-state index contributed by atoms with van der Waals surface area (Å²) in [6.07, 6.45) is 4.34. The highest BCUT2D eigenvalue weighted by Gasteiger charge is 2.37. The minimum Gasteiger partial charge on any atom is -0.368 e. The van der Waals surface area contributed by atoms with Crippen molar-refractivity contribution < 1.29 is 4.79 Å². The molecule has 2 aliphatic rings. The average molecular weight is 282 g/mol. The maximum atomic E-state index is 11.8. The number of hydrogen-bond acceptors (Lipinski definition) is 4. The van der Waals surface area contributed by atoms with E-state index < -0.39 is 5.54 Å². The molecule has 2 fully saturated rings. The molecule has 3 N–H and O–H groups in total. The summed E-state index contributed by atoms with van der Waals surface area (Å²) in [5.74, 6) is -0.217. The van der Waals surface area contributed by atoms with Crippen LogP contribution in [0.15, 0.2) is 0 Å². The van der Waals surface area contributed by atoms with E-state index in [1.165, 1.54) is 19.3 Å². The molecule has 116 valence electrons. The van der Waals surface area contributed by atoms with Crippen LogP contribution in [0.2, 0.25) is 0 Å². The molecule has 2 unspecified atom stereocenters. The number of carbonyl (C=O) groups excluding carboxylic acids is 1. The van der Waals surface area contributed by atoms with Gasteiger partial charge in [0.15, 0.2) is 0 Å². The summed E-state index contributed by atoms with van der Waals surface area (Å²) in [6.45, 7) is 8.45. The van der Waals surface area contributed by atoms with Gasteiger partial charge in [-0.1, -0.05) is 6.92 Å². The highest BCUT2D eigenvalue weighted by atomic mass is 16.1. The third-order valence-electron chi connectivity index (χ3n) is 4.90. The number of piperazine rings is 1. The number of primary amides is 1. The summed E-state index contributed by atoms with van der Waals surface area (Å²) in [4.78, 5) is 16.7. The maximum absolute atomic E-state index is 11.8. The maximum Gasteiger partial charge on any atom is 0.237 e. The van der Waals surface area contributed by atoms with Gasteiger partial charge in [0.2, 0.25) is 5.91 Å². The Morgan fingerprint density at radius 2 is 2.10 bits per heavy atom. The predicted molar refractivity (Wildman–Crippen MR) is 81.5 cm³/mol. The Morgan fingerprint density at radius 3 is 2.65 bits per heavy atom. The number of amides is 1. The Bertz CT molecular complexity index is 345. The van der Waals surface area contributed by atoms with Gasteiger partial charge in [0.05, 0.1) is 5.54 Å². The van der Waals surface area contributed by atoms with Crippen molar-refractivity contribution in [2.75, 3.05) is 33.2 Å². The van der Waals surface area contributed by atoms with Crippen LogP contribution >= 0.6 is 0 Å². The molecule has 1 heterocycles. The Morgan fingerprint density at radius 1 is 1.40 bits per heavy atom. The van der Waals surface area contributed by atoms with E-state index in [9.17, 15) is 4.79 Å². The highest BCUT2D eigenvalue weighted by molar-refractivity contribution is 5.84. The van der Waals surface area contributed by atoms with Gasteiger partial charge in [-0.15, -0.1) is 0 Å². The topological polar surface area (TPSA) is 61.6 Å². The normalized spacial score (nSPS) is 28.2. The van der Waals surface area contributed by atoms with Gasteiger partial charge in [0.25, 0.3) is 0 Å². The van der Waals surface area contributed by atoms with Crippen LogP contribution in [0.3, 0.4) is 0 Å². The highest BCUT2D eigenvalue weighted by Crippen LogP contribution is 2.24. The first-order valence-corrected chi connectivity index (χ1v) is 7.95. The molecular formula is C15H30N4O. The number of hydrogen-bond donors (Lipinski definition) is 2. The molecule has 0 radical (unpaired) electrons. The van der Waals surface area contributed by atoms with Gasteiger partial charge < -0.3 is 20.9 Å². The van der Waals surface area contributed by atoms with Crippen molar-refractivity contribution in [3.63, 3.8) is 0 Å². The van der Waals surface area contributed by atoms with E-state index in [-0.39, 0.29) is 5.91 Å². The molecular weight excluding hydrogens is 252 g/mol. The van der Waals surface area contributed by atoms with Gasteiger partial charge in [-0.3, -0.25) is 4.79 Å². The lowest BCUT2D eigenvalue weighted by molar-refractivity contribution is -0.124. The van der Waals surface area contributed by atoms with Crippen LogP contribution in [0.25, 0.3) is 0 Å². The molecule has 1 saturated heterocycles. The molecule has 0 aromatic rings. The van der Waals surface area contributed by atoms with Crippen molar-refractivity contribution in [2.45, 2.75) is 57.2 Å². The number of nitrogens with zero attached hydrogens (tertiary/aromatic N) is 2. The molecule has 0 aromatic carbocycles. The first kappa shape index (κ1) is 15.7.